The maximum absolute atomic E-state index is 2.61. The van der Waals surface area contributed by atoms with Crippen molar-refractivity contribution < 1.29 is 0 Å². The Kier molecular flexibility index (Phi) is 4.67. The van der Waals surface area contributed by atoms with Crippen molar-refractivity contribution in [3.05, 3.63) is 0 Å². The van der Waals surface area contributed by atoms with E-state index in [9.17, 15) is 0 Å². The lowest BCUT2D eigenvalue weighted by Gasteiger charge is -2.23. The lowest BCUT2D eigenvalue weighted by Crippen LogP contribution is -2.29. The third-order valence-corrected chi connectivity index (χ3v) is 2.98. The minimum absolute atomic E-state index is 1.02. The Morgan fingerprint density at radius 2 is 1.83 bits per heavy atom. The minimum Gasteiger partial charge on any atom is -0.303 e. The predicted molar refractivity (Wildman–Crippen MR) is 54.4 cm³/mol. The minimum atomic E-state index is 1.02. The molecule has 0 aromatic rings. The molecule has 1 aliphatic carbocycles. The van der Waals surface area contributed by atoms with Gasteiger partial charge in [-0.2, -0.15) is 0 Å². The van der Waals surface area contributed by atoms with Crippen LogP contribution < -0.4 is 0 Å². The summed E-state index contributed by atoms with van der Waals surface area (Å²) in [5.74, 6) is 1.02. The molecule has 0 bridgehead atoms. The highest BCUT2D eigenvalue weighted by Crippen LogP contribution is 2.25. The highest BCUT2D eigenvalue weighted by molar-refractivity contribution is 4.70. The van der Waals surface area contributed by atoms with Gasteiger partial charge in [-0.3, -0.25) is 0 Å². The van der Waals surface area contributed by atoms with Crippen molar-refractivity contribution in [1.82, 2.24) is 4.90 Å². The third-order valence-electron chi connectivity index (χ3n) is 2.98. The summed E-state index contributed by atoms with van der Waals surface area (Å²) in [5.41, 5.74) is 0. The zero-order chi connectivity index (χ0) is 8.81. The fourth-order valence-electron chi connectivity index (χ4n) is 2.25. The van der Waals surface area contributed by atoms with Crippen molar-refractivity contribution >= 4 is 0 Å². The summed E-state index contributed by atoms with van der Waals surface area (Å²) >= 11 is 0. The van der Waals surface area contributed by atoms with Crippen molar-refractivity contribution in [2.75, 3.05) is 19.6 Å². The van der Waals surface area contributed by atoms with Crippen molar-refractivity contribution in [2.24, 2.45) is 5.92 Å². The molecule has 0 radical (unpaired) electrons. The second kappa shape index (κ2) is 5.58. The second-order valence-corrected chi connectivity index (χ2v) is 4.04. The maximum Gasteiger partial charge on any atom is 0.000954 e. The first-order valence-corrected chi connectivity index (χ1v) is 5.59. The molecule has 72 valence electrons. The van der Waals surface area contributed by atoms with Crippen LogP contribution in [0.1, 0.15) is 46.0 Å². The van der Waals surface area contributed by atoms with Crippen LogP contribution in [0.5, 0.6) is 0 Å². The third kappa shape index (κ3) is 3.14. The molecule has 0 aromatic heterocycles. The van der Waals surface area contributed by atoms with E-state index < -0.39 is 0 Å². The van der Waals surface area contributed by atoms with Gasteiger partial charge in [-0.1, -0.05) is 26.7 Å². The Morgan fingerprint density at radius 1 is 1.17 bits per heavy atom. The van der Waals surface area contributed by atoms with Crippen LogP contribution in [0.15, 0.2) is 0 Å². The van der Waals surface area contributed by atoms with Gasteiger partial charge in [0.25, 0.3) is 0 Å². The van der Waals surface area contributed by atoms with Gasteiger partial charge >= 0.3 is 0 Å². The summed E-state index contributed by atoms with van der Waals surface area (Å²) in [6, 6.07) is 0. The quantitative estimate of drug-likeness (QED) is 0.611. The summed E-state index contributed by atoms with van der Waals surface area (Å²) in [6.07, 6.45) is 7.24. The van der Waals surface area contributed by atoms with Crippen LogP contribution in [0.4, 0.5) is 0 Å². The Hall–Kier alpha value is -0.0400. The summed E-state index contributed by atoms with van der Waals surface area (Å²) in [5, 5.41) is 0. The first-order chi connectivity index (χ1) is 5.86. The fourth-order valence-corrected chi connectivity index (χ4v) is 2.25. The maximum atomic E-state index is 2.61. The highest BCUT2D eigenvalue weighted by Gasteiger charge is 2.16. The van der Waals surface area contributed by atoms with E-state index in [0.717, 1.165) is 5.92 Å². The van der Waals surface area contributed by atoms with Crippen LogP contribution in [0.3, 0.4) is 0 Å². The predicted octanol–water partition coefficient (Wildman–Crippen LogP) is 2.91. The molecule has 1 fully saturated rings. The van der Waals surface area contributed by atoms with Crippen LogP contribution >= 0.6 is 0 Å². The monoisotopic (exact) mass is 169 g/mol. The molecule has 1 heteroatoms. The topological polar surface area (TPSA) is 3.24 Å². The van der Waals surface area contributed by atoms with Gasteiger partial charge in [0.05, 0.1) is 0 Å². The highest BCUT2D eigenvalue weighted by atomic mass is 15.1. The Bertz CT molecular complexity index is 106. The van der Waals surface area contributed by atoms with Gasteiger partial charge in [0.15, 0.2) is 0 Å². The molecule has 0 unspecified atom stereocenters. The zero-order valence-corrected chi connectivity index (χ0v) is 8.68. The Balaban J connectivity index is 2.16. The van der Waals surface area contributed by atoms with Crippen LogP contribution in [0, 0.1) is 5.92 Å². The normalized spacial score (nSPS) is 19.2. The lowest BCUT2D eigenvalue weighted by atomic mass is 10.1. The van der Waals surface area contributed by atoms with Gasteiger partial charge in [-0.05, 0) is 38.3 Å². The van der Waals surface area contributed by atoms with E-state index in [-0.39, 0.29) is 0 Å². The molecular weight excluding hydrogens is 146 g/mol. The molecule has 1 rings (SSSR count). The lowest BCUT2D eigenvalue weighted by molar-refractivity contribution is 0.243. The van der Waals surface area contributed by atoms with Crippen LogP contribution in [0.2, 0.25) is 0 Å². The van der Waals surface area contributed by atoms with Crippen LogP contribution in [-0.4, -0.2) is 24.5 Å². The second-order valence-electron chi connectivity index (χ2n) is 4.04. The first-order valence-electron chi connectivity index (χ1n) is 5.59. The molecule has 0 aromatic carbocycles. The molecule has 12 heavy (non-hydrogen) atoms. The molecule has 0 spiro atoms. The number of hydrogen-bond donors (Lipinski definition) is 0. The molecule has 1 aliphatic rings. The Morgan fingerprint density at radius 3 is 2.33 bits per heavy atom. The first kappa shape index (κ1) is 10.0. The van der Waals surface area contributed by atoms with E-state index in [1.165, 1.54) is 51.7 Å². The molecule has 0 atom stereocenters. The van der Waals surface area contributed by atoms with E-state index in [4.69, 9.17) is 0 Å². The summed E-state index contributed by atoms with van der Waals surface area (Å²) < 4.78 is 0. The van der Waals surface area contributed by atoms with Gasteiger partial charge in [0.2, 0.25) is 0 Å². The summed E-state index contributed by atoms with van der Waals surface area (Å²) in [6.45, 7) is 8.46. The van der Waals surface area contributed by atoms with E-state index >= 15 is 0 Å². The largest absolute Gasteiger partial charge is 0.303 e. The van der Waals surface area contributed by atoms with E-state index in [0.29, 0.717) is 0 Å². The molecular formula is C11H23N. The van der Waals surface area contributed by atoms with E-state index in [1.807, 2.05) is 0 Å². The molecule has 1 nitrogen and oxygen atoms in total. The van der Waals surface area contributed by atoms with Crippen molar-refractivity contribution in [2.45, 2.75) is 46.0 Å². The van der Waals surface area contributed by atoms with Gasteiger partial charge in [-0.15, -0.1) is 0 Å². The average Bonchev–Trinajstić information content (AvgIpc) is 2.56. The van der Waals surface area contributed by atoms with Gasteiger partial charge in [-0.25, -0.2) is 0 Å². The molecule has 0 N–H and O–H groups in total. The molecule has 0 saturated heterocycles. The van der Waals surface area contributed by atoms with E-state index in [2.05, 4.69) is 18.7 Å². The van der Waals surface area contributed by atoms with Crippen LogP contribution in [0.25, 0.3) is 0 Å². The number of rotatable bonds is 5. The summed E-state index contributed by atoms with van der Waals surface area (Å²) in [4.78, 5) is 2.61. The van der Waals surface area contributed by atoms with Crippen molar-refractivity contribution in [3.8, 4) is 0 Å². The smallest absolute Gasteiger partial charge is 0.000954 e. The molecule has 1 saturated carbocycles. The van der Waals surface area contributed by atoms with Crippen molar-refractivity contribution in [1.29, 1.82) is 0 Å². The molecule has 0 heterocycles. The summed E-state index contributed by atoms with van der Waals surface area (Å²) in [7, 11) is 0. The number of nitrogens with zero attached hydrogens (tertiary/aromatic N) is 1. The van der Waals surface area contributed by atoms with Crippen LogP contribution in [-0.2, 0) is 0 Å². The number of hydrogen-bond acceptors (Lipinski definition) is 1. The zero-order valence-electron chi connectivity index (χ0n) is 8.68. The van der Waals surface area contributed by atoms with Gasteiger partial charge < -0.3 is 4.90 Å². The SMILES string of the molecule is CCCN(CC)CC1CCCC1. The Labute approximate surface area is 77.1 Å². The molecule has 0 amide bonds. The average molecular weight is 169 g/mol. The fraction of sp³-hybridized carbons (Fsp3) is 1.00. The molecule has 0 aliphatic heterocycles. The van der Waals surface area contributed by atoms with E-state index in [1.54, 1.807) is 0 Å². The van der Waals surface area contributed by atoms with Gasteiger partial charge in [0.1, 0.15) is 0 Å². The van der Waals surface area contributed by atoms with Crippen molar-refractivity contribution in [3.63, 3.8) is 0 Å². The standard InChI is InChI=1S/C11H23N/c1-3-9-12(4-2)10-11-7-5-6-8-11/h11H,3-10H2,1-2H3. The van der Waals surface area contributed by atoms with Gasteiger partial charge in [0, 0.05) is 6.54 Å².